The van der Waals surface area contributed by atoms with Gasteiger partial charge in [0.1, 0.15) is 5.69 Å². The summed E-state index contributed by atoms with van der Waals surface area (Å²) in [6.07, 6.45) is 2.41. The lowest BCUT2D eigenvalue weighted by Gasteiger charge is -2.19. The highest BCUT2D eigenvalue weighted by Gasteiger charge is 2.13. The van der Waals surface area contributed by atoms with Crippen LogP contribution in [0.15, 0.2) is 42.6 Å². The van der Waals surface area contributed by atoms with Crippen LogP contribution in [-0.2, 0) is 10.2 Å². The van der Waals surface area contributed by atoms with Crippen LogP contribution >= 0.6 is 0 Å². The number of benzene rings is 1. The van der Waals surface area contributed by atoms with Gasteiger partial charge >= 0.3 is 0 Å². The minimum atomic E-state index is -0.178. The standard InChI is InChI=1S/C20H27N3O2/c1-20(2,3)15-6-8-16(9-7-15)23-17-10-12-21-18(14-17)19(24)22-11-5-13-25-4/h6-10,12,14H,5,11,13H2,1-4H3,(H,21,23)(H,22,24). The predicted octanol–water partition coefficient (Wildman–Crippen LogP) is 3.89. The van der Waals surface area contributed by atoms with Crippen molar-refractivity contribution in [1.82, 2.24) is 10.3 Å². The van der Waals surface area contributed by atoms with Crippen LogP contribution in [0.4, 0.5) is 11.4 Å². The Morgan fingerprint density at radius 1 is 1.12 bits per heavy atom. The van der Waals surface area contributed by atoms with Crippen LogP contribution in [0.2, 0.25) is 0 Å². The highest BCUT2D eigenvalue weighted by Crippen LogP contribution is 2.24. The fourth-order valence-electron chi connectivity index (χ4n) is 2.36. The third-order valence-corrected chi connectivity index (χ3v) is 3.84. The zero-order valence-corrected chi connectivity index (χ0v) is 15.4. The van der Waals surface area contributed by atoms with E-state index in [0.717, 1.165) is 17.8 Å². The number of hydrogen-bond acceptors (Lipinski definition) is 4. The molecule has 0 saturated carbocycles. The van der Waals surface area contributed by atoms with Crippen molar-refractivity contribution >= 4 is 17.3 Å². The van der Waals surface area contributed by atoms with E-state index in [1.54, 1.807) is 19.4 Å². The Kier molecular flexibility index (Phi) is 6.53. The van der Waals surface area contributed by atoms with Gasteiger partial charge in [-0.2, -0.15) is 0 Å². The van der Waals surface area contributed by atoms with E-state index in [4.69, 9.17) is 4.74 Å². The molecule has 2 N–H and O–H groups in total. The summed E-state index contributed by atoms with van der Waals surface area (Å²) in [6, 6.07) is 11.9. The predicted molar refractivity (Wildman–Crippen MR) is 101 cm³/mol. The van der Waals surface area contributed by atoms with Crippen molar-refractivity contribution in [2.24, 2.45) is 0 Å². The van der Waals surface area contributed by atoms with E-state index in [-0.39, 0.29) is 11.3 Å². The number of nitrogens with zero attached hydrogens (tertiary/aromatic N) is 1. The average molecular weight is 341 g/mol. The second-order valence-electron chi connectivity index (χ2n) is 6.98. The molecule has 1 heterocycles. The molecule has 1 aromatic heterocycles. The molecule has 5 heteroatoms. The number of pyridine rings is 1. The van der Waals surface area contributed by atoms with Gasteiger partial charge in [-0.3, -0.25) is 9.78 Å². The van der Waals surface area contributed by atoms with Crippen LogP contribution in [0.1, 0.15) is 43.2 Å². The second kappa shape index (κ2) is 8.62. The number of rotatable bonds is 7. The molecule has 0 aliphatic carbocycles. The largest absolute Gasteiger partial charge is 0.385 e. The van der Waals surface area contributed by atoms with E-state index >= 15 is 0 Å². The zero-order valence-electron chi connectivity index (χ0n) is 15.4. The van der Waals surface area contributed by atoms with Gasteiger partial charge in [0.2, 0.25) is 0 Å². The van der Waals surface area contributed by atoms with Crippen LogP contribution < -0.4 is 10.6 Å². The van der Waals surface area contributed by atoms with Crippen molar-refractivity contribution in [2.45, 2.75) is 32.6 Å². The number of hydrogen-bond donors (Lipinski definition) is 2. The third-order valence-electron chi connectivity index (χ3n) is 3.84. The number of aromatic nitrogens is 1. The van der Waals surface area contributed by atoms with Crippen molar-refractivity contribution in [3.8, 4) is 0 Å². The van der Waals surface area contributed by atoms with Crippen LogP contribution in [0, 0.1) is 0 Å². The molecule has 134 valence electrons. The van der Waals surface area contributed by atoms with Crippen LogP contribution in [0.3, 0.4) is 0 Å². The van der Waals surface area contributed by atoms with Crippen LogP contribution in [-0.4, -0.2) is 31.2 Å². The monoisotopic (exact) mass is 341 g/mol. The van der Waals surface area contributed by atoms with E-state index in [1.807, 2.05) is 18.2 Å². The molecule has 0 atom stereocenters. The van der Waals surface area contributed by atoms with E-state index in [9.17, 15) is 4.79 Å². The van der Waals surface area contributed by atoms with E-state index in [0.29, 0.717) is 18.8 Å². The number of ether oxygens (including phenoxy) is 1. The van der Waals surface area contributed by atoms with Gasteiger partial charge in [-0.25, -0.2) is 0 Å². The summed E-state index contributed by atoms with van der Waals surface area (Å²) in [4.78, 5) is 16.3. The quantitative estimate of drug-likeness (QED) is 0.750. The fourth-order valence-corrected chi connectivity index (χ4v) is 2.36. The van der Waals surface area contributed by atoms with Gasteiger partial charge < -0.3 is 15.4 Å². The minimum Gasteiger partial charge on any atom is -0.385 e. The maximum Gasteiger partial charge on any atom is 0.269 e. The van der Waals surface area contributed by atoms with Gasteiger partial charge in [0, 0.05) is 37.8 Å². The molecule has 0 bridgehead atoms. The summed E-state index contributed by atoms with van der Waals surface area (Å²) in [5, 5.41) is 6.15. The first-order valence-electron chi connectivity index (χ1n) is 8.51. The molecule has 0 unspecified atom stereocenters. The van der Waals surface area contributed by atoms with Gasteiger partial charge in [-0.05, 0) is 41.7 Å². The summed E-state index contributed by atoms with van der Waals surface area (Å²) in [5.41, 5.74) is 3.62. The molecule has 0 radical (unpaired) electrons. The molecule has 1 amide bonds. The summed E-state index contributed by atoms with van der Waals surface area (Å²) in [7, 11) is 1.65. The van der Waals surface area contributed by atoms with Gasteiger partial charge in [-0.1, -0.05) is 32.9 Å². The van der Waals surface area contributed by atoms with Crippen LogP contribution in [0.5, 0.6) is 0 Å². The molecule has 25 heavy (non-hydrogen) atoms. The second-order valence-corrected chi connectivity index (χ2v) is 6.98. The minimum absolute atomic E-state index is 0.128. The Balaban J connectivity index is 2.00. The van der Waals surface area contributed by atoms with E-state index in [2.05, 4.69) is 48.5 Å². The number of carbonyl (C=O) groups is 1. The van der Waals surface area contributed by atoms with Gasteiger partial charge in [0.15, 0.2) is 0 Å². The average Bonchev–Trinajstić information content (AvgIpc) is 2.58. The molecule has 1 aromatic carbocycles. The molecule has 0 fully saturated rings. The first-order valence-corrected chi connectivity index (χ1v) is 8.51. The van der Waals surface area contributed by atoms with Gasteiger partial charge in [0.05, 0.1) is 0 Å². The lowest BCUT2D eigenvalue weighted by atomic mass is 9.87. The Morgan fingerprint density at radius 2 is 1.84 bits per heavy atom. The number of anilines is 2. The third kappa shape index (κ3) is 5.87. The summed E-state index contributed by atoms with van der Waals surface area (Å²) < 4.78 is 4.97. The first-order chi connectivity index (χ1) is 11.9. The fraction of sp³-hybridized carbons (Fsp3) is 0.400. The molecular weight excluding hydrogens is 314 g/mol. The number of nitrogens with one attached hydrogen (secondary N) is 2. The Bertz CT molecular complexity index is 691. The summed E-state index contributed by atoms with van der Waals surface area (Å²) >= 11 is 0. The highest BCUT2D eigenvalue weighted by atomic mass is 16.5. The molecule has 0 saturated heterocycles. The lowest BCUT2D eigenvalue weighted by Crippen LogP contribution is -2.26. The number of amides is 1. The SMILES string of the molecule is COCCCNC(=O)c1cc(Nc2ccc(C(C)(C)C)cc2)ccn1. The summed E-state index contributed by atoms with van der Waals surface area (Å²) in [5.74, 6) is -0.178. The molecule has 0 aliphatic heterocycles. The molecule has 2 rings (SSSR count). The molecular formula is C20H27N3O2. The highest BCUT2D eigenvalue weighted by molar-refractivity contribution is 5.93. The van der Waals surface area contributed by atoms with Crippen molar-refractivity contribution in [3.05, 3.63) is 53.9 Å². The van der Waals surface area contributed by atoms with Crippen molar-refractivity contribution < 1.29 is 9.53 Å². The van der Waals surface area contributed by atoms with Crippen molar-refractivity contribution in [3.63, 3.8) is 0 Å². The van der Waals surface area contributed by atoms with E-state index in [1.165, 1.54) is 5.56 Å². The maximum atomic E-state index is 12.1. The molecule has 2 aromatic rings. The van der Waals surface area contributed by atoms with Crippen molar-refractivity contribution in [1.29, 1.82) is 0 Å². The normalized spacial score (nSPS) is 11.2. The number of carbonyl (C=O) groups excluding carboxylic acids is 1. The molecule has 5 nitrogen and oxygen atoms in total. The first kappa shape index (κ1) is 18.9. The smallest absolute Gasteiger partial charge is 0.269 e. The summed E-state index contributed by atoms with van der Waals surface area (Å²) in [6.45, 7) is 7.77. The van der Waals surface area contributed by atoms with Gasteiger partial charge in [0.25, 0.3) is 5.91 Å². The maximum absolute atomic E-state index is 12.1. The lowest BCUT2D eigenvalue weighted by molar-refractivity contribution is 0.0943. The number of methoxy groups -OCH3 is 1. The van der Waals surface area contributed by atoms with Crippen LogP contribution in [0.25, 0.3) is 0 Å². The zero-order chi connectivity index (χ0) is 18.3. The van der Waals surface area contributed by atoms with Gasteiger partial charge in [-0.15, -0.1) is 0 Å². The van der Waals surface area contributed by atoms with Crippen molar-refractivity contribution in [2.75, 3.05) is 25.6 Å². The Morgan fingerprint density at radius 3 is 2.48 bits per heavy atom. The Hall–Kier alpha value is -2.40. The molecule has 0 spiro atoms. The van der Waals surface area contributed by atoms with E-state index < -0.39 is 0 Å². The topological polar surface area (TPSA) is 63.2 Å². The Labute approximate surface area is 149 Å². The molecule has 0 aliphatic rings.